The molecule has 0 spiro atoms. The zero-order chi connectivity index (χ0) is 21.9. The first kappa shape index (κ1) is 23.0. The third-order valence-electron chi connectivity index (χ3n) is 5.63. The molecule has 2 fully saturated rings. The number of thiazole rings is 1. The number of hydrogen-bond acceptors (Lipinski definition) is 6. The molecule has 7 nitrogen and oxygen atoms in total. The van der Waals surface area contributed by atoms with E-state index >= 15 is 0 Å². The van der Waals surface area contributed by atoms with Gasteiger partial charge in [-0.05, 0) is 51.9 Å². The van der Waals surface area contributed by atoms with Crippen molar-refractivity contribution in [1.29, 1.82) is 0 Å². The summed E-state index contributed by atoms with van der Waals surface area (Å²) in [6, 6.07) is 0. The Labute approximate surface area is 184 Å². The number of nitrogens with one attached hydrogen (secondary N) is 1. The number of piperidine rings is 2. The lowest BCUT2D eigenvalue weighted by molar-refractivity contribution is -0.121. The first-order valence-electron chi connectivity index (χ1n) is 11.0. The molecule has 0 bridgehead atoms. The number of anilines is 1. The predicted molar refractivity (Wildman–Crippen MR) is 119 cm³/mol. The molecule has 3 heterocycles. The number of amides is 2. The summed E-state index contributed by atoms with van der Waals surface area (Å²) in [5.74, 6) is 1.34. The van der Waals surface area contributed by atoms with Gasteiger partial charge < -0.3 is 15.0 Å². The smallest absolute Gasteiger partial charge is 0.410 e. The van der Waals surface area contributed by atoms with E-state index in [4.69, 9.17) is 4.74 Å². The molecular weight excluding hydrogens is 400 g/mol. The molecule has 2 amide bonds. The maximum Gasteiger partial charge on any atom is 0.410 e. The van der Waals surface area contributed by atoms with Gasteiger partial charge in [-0.3, -0.25) is 9.69 Å². The zero-order valence-corrected chi connectivity index (χ0v) is 19.8. The van der Waals surface area contributed by atoms with Crippen molar-refractivity contribution in [3.05, 3.63) is 11.1 Å². The molecule has 168 valence electrons. The van der Waals surface area contributed by atoms with E-state index < -0.39 is 5.60 Å². The Morgan fingerprint density at radius 2 is 1.83 bits per heavy atom. The Hall–Kier alpha value is -1.67. The number of likely N-dealkylation sites (tertiary alicyclic amines) is 2. The molecule has 0 radical (unpaired) electrons. The molecular formula is C22H36N4O3S. The number of aromatic nitrogens is 1. The van der Waals surface area contributed by atoms with Crippen LogP contribution in [0.2, 0.25) is 0 Å². The predicted octanol–water partition coefficient (Wildman–Crippen LogP) is 4.21. The molecule has 8 heteroatoms. The van der Waals surface area contributed by atoms with Crippen LogP contribution in [0.5, 0.6) is 0 Å². The highest BCUT2D eigenvalue weighted by Gasteiger charge is 2.30. The Bertz CT molecular complexity index is 727. The molecule has 2 aliphatic rings. The van der Waals surface area contributed by atoms with Crippen LogP contribution in [-0.2, 0) is 16.1 Å². The van der Waals surface area contributed by atoms with Gasteiger partial charge in [0.05, 0.1) is 5.69 Å². The van der Waals surface area contributed by atoms with Crippen molar-refractivity contribution in [2.75, 3.05) is 31.5 Å². The molecule has 0 saturated carbocycles. The number of carbonyl (C=O) groups excluding carboxylic acids is 2. The quantitative estimate of drug-likeness (QED) is 0.765. The van der Waals surface area contributed by atoms with Crippen molar-refractivity contribution in [2.45, 2.75) is 66.0 Å². The van der Waals surface area contributed by atoms with Crippen molar-refractivity contribution in [2.24, 2.45) is 17.8 Å². The topological polar surface area (TPSA) is 74.8 Å². The molecule has 1 aromatic rings. The second-order valence-electron chi connectivity index (χ2n) is 10.0. The Morgan fingerprint density at radius 1 is 1.20 bits per heavy atom. The van der Waals surface area contributed by atoms with Crippen LogP contribution in [0.3, 0.4) is 0 Å². The summed E-state index contributed by atoms with van der Waals surface area (Å²) in [5, 5.41) is 5.70. The van der Waals surface area contributed by atoms with Crippen LogP contribution < -0.4 is 5.32 Å². The van der Waals surface area contributed by atoms with Crippen molar-refractivity contribution < 1.29 is 14.3 Å². The first-order chi connectivity index (χ1) is 14.1. The highest BCUT2D eigenvalue weighted by Crippen LogP contribution is 2.25. The van der Waals surface area contributed by atoms with E-state index in [0.717, 1.165) is 37.2 Å². The van der Waals surface area contributed by atoms with Crippen LogP contribution in [0.4, 0.5) is 9.93 Å². The van der Waals surface area contributed by atoms with Crippen LogP contribution >= 0.6 is 11.3 Å². The van der Waals surface area contributed by atoms with Gasteiger partial charge in [-0.1, -0.05) is 13.8 Å². The molecule has 3 rings (SSSR count). The average molecular weight is 437 g/mol. The minimum atomic E-state index is -0.502. The molecule has 0 aromatic carbocycles. The van der Waals surface area contributed by atoms with E-state index in [1.807, 2.05) is 26.2 Å². The van der Waals surface area contributed by atoms with Gasteiger partial charge in [-0.25, -0.2) is 9.78 Å². The molecule has 1 aromatic heterocycles. The van der Waals surface area contributed by atoms with Crippen LogP contribution in [0, 0.1) is 17.8 Å². The van der Waals surface area contributed by atoms with E-state index in [9.17, 15) is 9.59 Å². The Morgan fingerprint density at radius 3 is 2.43 bits per heavy atom. The van der Waals surface area contributed by atoms with E-state index in [0.29, 0.717) is 31.1 Å². The highest BCUT2D eigenvalue weighted by atomic mass is 32.1. The zero-order valence-electron chi connectivity index (χ0n) is 18.9. The van der Waals surface area contributed by atoms with Crippen molar-refractivity contribution in [3.63, 3.8) is 0 Å². The van der Waals surface area contributed by atoms with E-state index in [1.165, 1.54) is 17.8 Å². The second-order valence-corrected chi connectivity index (χ2v) is 10.9. The number of ether oxygens (including phenoxy) is 1. The summed E-state index contributed by atoms with van der Waals surface area (Å²) in [5.41, 5.74) is 0.523. The van der Waals surface area contributed by atoms with E-state index in [1.54, 1.807) is 4.90 Å². The van der Waals surface area contributed by atoms with Crippen molar-refractivity contribution in [3.8, 4) is 0 Å². The maximum atomic E-state index is 12.7. The summed E-state index contributed by atoms with van der Waals surface area (Å²) >= 11 is 1.49. The minimum absolute atomic E-state index is 0.0000410. The maximum absolute atomic E-state index is 12.7. The fraction of sp³-hybridized carbons (Fsp3) is 0.773. The summed E-state index contributed by atoms with van der Waals surface area (Å²) in [6.07, 6.45) is 2.29. The van der Waals surface area contributed by atoms with Gasteiger partial charge in [0, 0.05) is 44.0 Å². The van der Waals surface area contributed by atoms with Gasteiger partial charge in [-0.15, -0.1) is 11.3 Å². The minimum Gasteiger partial charge on any atom is -0.444 e. The number of hydrogen-bond donors (Lipinski definition) is 1. The van der Waals surface area contributed by atoms with Crippen LogP contribution in [-0.4, -0.2) is 58.6 Å². The van der Waals surface area contributed by atoms with E-state index in [-0.39, 0.29) is 17.9 Å². The van der Waals surface area contributed by atoms with Gasteiger partial charge in [0.15, 0.2) is 5.13 Å². The van der Waals surface area contributed by atoms with Gasteiger partial charge in [0.2, 0.25) is 5.91 Å². The number of nitrogens with zero attached hydrogens (tertiary/aromatic N) is 3. The molecule has 2 atom stereocenters. The van der Waals surface area contributed by atoms with Crippen molar-refractivity contribution in [1.82, 2.24) is 14.8 Å². The second kappa shape index (κ2) is 9.64. The lowest BCUT2D eigenvalue weighted by atomic mass is 9.92. The lowest BCUT2D eigenvalue weighted by Crippen LogP contribution is -2.43. The molecule has 30 heavy (non-hydrogen) atoms. The molecule has 1 N–H and O–H groups in total. The van der Waals surface area contributed by atoms with Crippen molar-refractivity contribution >= 4 is 28.5 Å². The summed E-state index contributed by atoms with van der Waals surface area (Å²) in [4.78, 5) is 33.6. The summed E-state index contributed by atoms with van der Waals surface area (Å²) in [6.45, 7) is 14.4. The Kier molecular flexibility index (Phi) is 7.39. The normalized spacial score (nSPS) is 24.0. The molecule has 0 unspecified atom stereocenters. The molecule has 0 aliphatic carbocycles. The number of rotatable bonds is 4. The SMILES string of the molecule is C[C@@H]1C[C@H](C)CN(Cc2csc(NC(=O)C3CCN(C(=O)OC(C)(C)C)CC3)n2)C1. The van der Waals surface area contributed by atoms with Gasteiger partial charge in [0.1, 0.15) is 5.60 Å². The van der Waals surface area contributed by atoms with Crippen LogP contribution in [0.1, 0.15) is 59.6 Å². The van der Waals surface area contributed by atoms with Gasteiger partial charge >= 0.3 is 6.09 Å². The lowest BCUT2D eigenvalue weighted by Gasteiger charge is -2.34. The molecule has 2 saturated heterocycles. The van der Waals surface area contributed by atoms with Crippen LogP contribution in [0.25, 0.3) is 0 Å². The summed E-state index contributed by atoms with van der Waals surface area (Å²) < 4.78 is 5.42. The monoisotopic (exact) mass is 436 g/mol. The largest absolute Gasteiger partial charge is 0.444 e. The van der Waals surface area contributed by atoms with Gasteiger partial charge in [-0.2, -0.15) is 0 Å². The highest BCUT2D eigenvalue weighted by molar-refractivity contribution is 7.13. The fourth-order valence-electron chi connectivity index (χ4n) is 4.45. The third-order valence-corrected chi connectivity index (χ3v) is 6.44. The average Bonchev–Trinajstić information content (AvgIpc) is 3.06. The third kappa shape index (κ3) is 6.67. The van der Waals surface area contributed by atoms with E-state index in [2.05, 4.69) is 29.0 Å². The molecule has 2 aliphatic heterocycles. The summed E-state index contributed by atoms with van der Waals surface area (Å²) in [7, 11) is 0. The van der Waals surface area contributed by atoms with Gasteiger partial charge in [0.25, 0.3) is 0 Å². The standard InChI is InChI=1S/C22H36N4O3S/c1-15-10-16(2)12-25(11-15)13-18-14-30-20(23-18)24-19(27)17-6-8-26(9-7-17)21(28)29-22(3,4)5/h14-17H,6-13H2,1-5H3,(H,23,24,27)/t15-,16+. The fourth-order valence-corrected chi connectivity index (χ4v) is 5.15. The van der Waals surface area contributed by atoms with Crippen LogP contribution in [0.15, 0.2) is 5.38 Å². The number of carbonyl (C=O) groups is 2. The Balaban J connectivity index is 1.45. The first-order valence-corrected chi connectivity index (χ1v) is 11.9.